The van der Waals surface area contributed by atoms with Gasteiger partial charge in [0.25, 0.3) is 0 Å². The van der Waals surface area contributed by atoms with E-state index in [1.54, 1.807) is 7.11 Å². The Morgan fingerprint density at radius 3 is 1.75 bits per heavy atom. The second-order valence-electron chi connectivity index (χ2n) is 5.07. The molecule has 0 aliphatic rings. The van der Waals surface area contributed by atoms with Crippen LogP contribution in [0, 0.1) is 0 Å². The molecule has 3 aromatic rings. The molecule has 0 aliphatic carbocycles. The fourth-order valence-electron chi connectivity index (χ4n) is 2.24. The number of hydrogen-bond acceptors (Lipinski definition) is 3. The Hall–Kier alpha value is -1.54. The summed E-state index contributed by atoms with van der Waals surface area (Å²) in [7, 11) is 3.53. The van der Waals surface area contributed by atoms with Crippen LogP contribution in [0.3, 0.4) is 0 Å². The summed E-state index contributed by atoms with van der Waals surface area (Å²) in [5, 5.41) is 0. The van der Waals surface area contributed by atoms with Gasteiger partial charge in [0.2, 0.25) is 0 Å². The van der Waals surface area contributed by atoms with E-state index in [2.05, 4.69) is 60.7 Å². The SMILES string of the molecule is COc1ccc(C(=S)S[As](c2ccccc2)c2ccccc2)cc1. The predicted octanol–water partition coefficient (Wildman–Crippen LogP) is 3.91. The van der Waals surface area contributed by atoms with Crippen molar-refractivity contribution in [2.24, 2.45) is 0 Å². The number of methoxy groups -OCH3 is 1. The van der Waals surface area contributed by atoms with Gasteiger partial charge < -0.3 is 0 Å². The molecule has 0 saturated carbocycles. The molecule has 0 bridgehead atoms. The van der Waals surface area contributed by atoms with Crippen molar-refractivity contribution in [3.8, 4) is 5.75 Å². The fourth-order valence-corrected chi connectivity index (χ4v) is 10.9. The maximum atomic E-state index is 5.73. The quantitative estimate of drug-likeness (QED) is 0.465. The van der Waals surface area contributed by atoms with E-state index in [9.17, 15) is 0 Å². The predicted molar refractivity (Wildman–Crippen MR) is 110 cm³/mol. The van der Waals surface area contributed by atoms with Gasteiger partial charge in [-0.3, -0.25) is 0 Å². The zero-order valence-corrected chi connectivity index (χ0v) is 16.8. The molecule has 0 saturated heterocycles. The second-order valence-corrected chi connectivity index (χ2v) is 12.8. The average molecular weight is 412 g/mol. The summed E-state index contributed by atoms with van der Waals surface area (Å²) in [6.45, 7) is 0. The summed E-state index contributed by atoms with van der Waals surface area (Å²) in [4.78, 5) is 0. The Bertz CT molecular complexity index is 749. The summed E-state index contributed by atoms with van der Waals surface area (Å²) in [6.07, 6.45) is 0. The first-order valence-corrected chi connectivity index (χ1v) is 12.9. The Labute approximate surface area is 156 Å². The van der Waals surface area contributed by atoms with E-state index >= 15 is 0 Å². The molecule has 1 nitrogen and oxygen atoms in total. The van der Waals surface area contributed by atoms with E-state index in [0.29, 0.717) is 0 Å². The number of benzene rings is 3. The van der Waals surface area contributed by atoms with E-state index in [1.807, 2.05) is 34.3 Å². The first kappa shape index (κ1) is 17.3. The van der Waals surface area contributed by atoms with Crippen LogP contribution in [-0.4, -0.2) is 24.8 Å². The molecule has 0 N–H and O–H groups in total. The second kappa shape index (κ2) is 8.52. The number of thiocarbonyl (C=S) groups is 1. The minimum atomic E-state index is -1.54. The monoisotopic (exact) mass is 412 g/mol. The van der Waals surface area contributed by atoms with E-state index in [-0.39, 0.29) is 0 Å². The summed E-state index contributed by atoms with van der Waals surface area (Å²) < 4.78 is 8.98. The van der Waals surface area contributed by atoms with Crippen LogP contribution in [0.15, 0.2) is 84.9 Å². The Morgan fingerprint density at radius 1 is 0.792 bits per heavy atom. The van der Waals surface area contributed by atoms with Gasteiger partial charge in [-0.15, -0.1) is 0 Å². The molecule has 3 rings (SSSR count). The Morgan fingerprint density at radius 2 is 1.29 bits per heavy atom. The number of hydrogen-bond donors (Lipinski definition) is 0. The molecule has 24 heavy (non-hydrogen) atoms. The van der Waals surface area contributed by atoms with Crippen molar-refractivity contribution in [3.05, 3.63) is 90.5 Å². The zero-order chi connectivity index (χ0) is 16.8. The topological polar surface area (TPSA) is 9.23 Å². The van der Waals surface area contributed by atoms with Crippen molar-refractivity contribution >= 4 is 48.6 Å². The van der Waals surface area contributed by atoms with Gasteiger partial charge in [-0.25, -0.2) is 0 Å². The van der Waals surface area contributed by atoms with Gasteiger partial charge in [0.1, 0.15) is 0 Å². The molecule has 0 aromatic heterocycles. The van der Waals surface area contributed by atoms with E-state index in [0.717, 1.165) is 15.5 Å². The third kappa shape index (κ3) is 4.30. The molecule has 0 amide bonds. The van der Waals surface area contributed by atoms with E-state index < -0.39 is 13.5 Å². The van der Waals surface area contributed by atoms with Gasteiger partial charge in [-0.1, -0.05) is 0 Å². The van der Waals surface area contributed by atoms with Crippen LogP contribution < -0.4 is 13.4 Å². The molecule has 0 spiro atoms. The molecule has 120 valence electrons. The van der Waals surface area contributed by atoms with Crippen molar-refractivity contribution in [1.29, 1.82) is 0 Å². The standard InChI is InChI=1S/C20H17AsOS2/c1-22-19-14-12-16(13-15-19)20(23)24-21(17-8-4-2-5-9-17)18-10-6-3-7-11-18/h2-15H,1H3. The van der Waals surface area contributed by atoms with Crippen molar-refractivity contribution in [2.75, 3.05) is 7.11 Å². The average Bonchev–Trinajstić information content (AvgIpc) is 2.67. The van der Waals surface area contributed by atoms with Crippen molar-refractivity contribution in [3.63, 3.8) is 0 Å². The van der Waals surface area contributed by atoms with Gasteiger partial charge >= 0.3 is 157 Å². The molecular formula is C20H17AsOS2. The summed E-state index contributed by atoms with van der Waals surface area (Å²) in [5.41, 5.74) is 1.09. The zero-order valence-electron chi connectivity index (χ0n) is 13.3. The van der Waals surface area contributed by atoms with Crippen LogP contribution in [0.2, 0.25) is 0 Å². The maximum absolute atomic E-state index is 5.73. The molecular weight excluding hydrogens is 395 g/mol. The molecule has 0 fully saturated rings. The van der Waals surface area contributed by atoms with Crippen molar-refractivity contribution in [1.82, 2.24) is 0 Å². The summed E-state index contributed by atoms with van der Waals surface area (Å²) in [6, 6.07) is 29.4. The third-order valence-electron chi connectivity index (χ3n) is 3.48. The molecule has 0 atom stereocenters. The van der Waals surface area contributed by atoms with Crippen LogP contribution >= 0.6 is 22.2 Å². The van der Waals surface area contributed by atoms with Crippen LogP contribution in [0.25, 0.3) is 0 Å². The molecule has 0 heterocycles. The van der Waals surface area contributed by atoms with Crippen LogP contribution in [-0.2, 0) is 0 Å². The Kier molecular flexibility index (Phi) is 6.14. The third-order valence-corrected chi connectivity index (χ3v) is 13.1. The van der Waals surface area contributed by atoms with Crippen molar-refractivity contribution < 1.29 is 4.74 Å². The van der Waals surface area contributed by atoms with Gasteiger partial charge in [-0.05, 0) is 0 Å². The summed E-state index contributed by atoms with van der Waals surface area (Å²) >= 11 is 4.20. The van der Waals surface area contributed by atoms with E-state index in [4.69, 9.17) is 17.0 Å². The number of ether oxygens (including phenoxy) is 1. The van der Waals surface area contributed by atoms with Gasteiger partial charge in [0.15, 0.2) is 0 Å². The summed E-state index contributed by atoms with van der Waals surface area (Å²) in [5.74, 6) is 0.854. The minimum absolute atomic E-state index is 0.854. The van der Waals surface area contributed by atoms with E-state index in [1.165, 1.54) is 8.70 Å². The normalized spacial score (nSPS) is 10.6. The van der Waals surface area contributed by atoms with Crippen LogP contribution in [0.4, 0.5) is 0 Å². The van der Waals surface area contributed by atoms with Crippen LogP contribution in [0.5, 0.6) is 5.75 Å². The fraction of sp³-hybridized carbons (Fsp3) is 0.0500. The Balaban J connectivity index is 1.87. The first-order valence-electron chi connectivity index (χ1n) is 7.54. The molecule has 0 unspecified atom stereocenters. The van der Waals surface area contributed by atoms with Gasteiger partial charge in [0.05, 0.1) is 0 Å². The molecule has 0 aliphatic heterocycles. The molecule has 3 aromatic carbocycles. The molecule has 4 heteroatoms. The molecule has 0 radical (unpaired) electrons. The van der Waals surface area contributed by atoms with Gasteiger partial charge in [0, 0.05) is 0 Å². The van der Waals surface area contributed by atoms with Crippen LogP contribution in [0.1, 0.15) is 5.56 Å². The number of rotatable bonds is 5. The van der Waals surface area contributed by atoms with Crippen molar-refractivity contribution in [2.45, 2.75) is 0 Å². The first-order chi connectivity index (χ1) is 11.8. The van der Waals surface area contributed by atoms with Gasteiger partial charge in [-0.2, -0.15) is 0 Å².